The van der Waals surface area contributed by atoms with Crippen LogP contribution in [0.15, 0.2) is 0 Å². The molecule has 9 heavy (non-hydrogen) atoms. The van der Waals surface area contributed by atoms with E-state index >= 15 is 0 Å². The topological polar surface area (TPSA) is 9.23 Å². The van der Waals surface area contributed by atoms with Gasteiger partial charge in [0.2, 0.25) is 0 Å². The molecule has 0 fully saturated rings. The minimum absolute atomic E-state index is 0.675. The molecule has 0 heterocycles. The summed E-state index contributed by atoms with van der Waals surface area (Å²) in [5.41, 5.74) is 0. The van der Waals surface area contributed by atoms with Gasteiger partial charge in [0.1, 0.15) is 0 Å². The third kappa shape index (κ3) is 8.37. The van der Waals surface area contributed by atoms with Crippen molar-refractivity contribution in [3.8, 4) is 0 Å². The Balaban J connectivity index is 2.60. The van der Waals surface area contributed by atoms with E-state index in [1.807, 2.05) is 11.8 Å². The van der Waals surface area contributed by atoms with E-state index in [1.54, 1.807) is 0 Å². The fraction of sp³-hybridized carbons (Fsp3) is 1.00. The normalized spacial score (nSPS) is 9.89. The summed E-state index contributed by atoms with van der Waals surface area (Å²) in [6.45, 7) is 2.87. The molecule has 0 bridgehead atoms. The highest BCUT2D eigenvalue weighted by Crippen LogP contribution is 2.02. The average Bonchev–Trinajstić information content (AvgIpc) is 1.89. The van der Waals surface area contributed by atoms with E-state index in [9.17, 15) is 0 Å². The summed E-state index contributed by atoms with van der Waals surface area (Å²) >= 11 is 1.90. The van der Waals surface area contributed by atoms with Gasteiger partial charge in [-0.1, -0.05) is 13.3 Å². The first kappa shape index (κ1) is 9.37. The van der Waals surface area contributed by atoms with Crippen LogP contribution in [0.25, 0.3) is 0 Å². The van der Waals surface area contributed by atoms with Gasteiger partial charge in [0.05, 0.1) is 0 Å². The Hall–Kier alpha value is 0.375. The average molecular weight is 144 g/mol. The quantitative estimate of drug-likeness (QED) is 0.413. The molecular formula is C6H13BOS. The summed E-state index contributed by atoms with van der Waals surface area (Å²) < 4.78 is 4.40. The van der Waals surface area contributed by atoms with E-state index in [4.69, 9.17) is 8.05 Å². The summed E-state index contributed by atoms with van der Waals surface area (Å²) in [5, 5.41) is 0. The summed E-state index contributed by atoms with van der Waals surface area (Å²) in [6.07, 6.45) is 2.58. The van der Waals surface area contributed by atoms with Crippen molar-refractivity contribution in [3.63, 3.8) is 0 Å². The largest absolute Gasteiger partial charge is 0.447 e. The van der Waals surface area contributed by atoms with Crippen LogP contribution >= 0.6 is 11.8 Å². The molecule has 0 rings (SSSR count). The van der Waals surface area contributed by atoms with Crippen LogP contribution < -0.4 is 0 Å². The molecule has 0 aromatic rings. The smallest absolute Gasteiger partial charge is 0.282 e. The molecule has 0 aliphatic rings. The maximum Gasteiger partial charge on any atom is 0.282 e. The molecule has 3 heteroatoms. The Morgan fingerprint density at radius 2 is 2.22 bits per heavy atom. The number of unbranched alkanes of at least 4 members (excludes halogenated alkanes) is 1. The molecule has 52 valence electrons. The van der Waals surface area contributed by atoms with Gasteiger partial charge in [-0.3, -0.25) is 0 Å². The number of hydrogen-bond acceptors (Lipinski definition) is 2. The SMILES string of the molecule is [B]OCCSCCCC. The highest BCUT2D eigenvalue weighted by atomic mass is 32.2. The number of thioether (sulfide) groups is 1. The molecule has 1 nitrogen and oxygen atoms in total. The lowest BCUT2D eigenvalue weighted by atomic mass is 10.4. The zero-order valence-corrected chi connectivity index (χ0v) is 6.75. The van der Waals surface area contributed by atoms with Crippen LogP contribution in [0.5, 0.6) is 0 Å². The highest BCUT2D eigenvalue weighted by molar-refractivity contribution is 7.99. The zero-order chi connectivity index (χ0) is 6.95. The van der Waals surface area contributed by atoms with Gasteiger partial charge in [0, 0.05) is 12.4 Å². The second-order valence-corrected chi connectivity index (χ2v) is 3.06. The first-order valence-electron chi connectivity index (χ1n) is 3.31. The van der Waals surface area contributed by atoms with Gasteiger partial charge < -0.3 is 4.65 Å². The van der Waals surface area contributed by atoms with Crippen molar-refractivity contribution >= 4 is 19.8 Å². The van der Waals surface area contributed by atoms with Crippen molar-refractivity contribution in [3.05, 3.63) is 0 Å². The summed E-state index contributed by atoms with van der Waals surface area (Å²) in [6, 6.07) is 0. The molecule has 0 saturated heterocycles. The maximum atomic E-state index is 4.83. The molecule has 2 radical (unpaired) electrons. The predicted molar refractivity (Wildman–Crippen MR) is 43.9 cm³/mol. The summed E-state index contributed by atoms with van der Waals surface area (Å²) in [5.74, 6) is 2.26. The first-order valence-corrected chi connectivity index (χ1v) is 4.46. The Morgan fingerprint density at radius 3 is 2.78 bits per heavy atom. The fourth-order valence-corrected chi connectivity index (χ4v) is 1.37. The Bertz CT molecular complexity index is 46.3. The summed E-state index contributed by atoms with van der Waals surface area (Å²) in [4.78, 5) is 0. The number of hydrogen-bond donors (Lipinski definition) is 0. The zero-order valence-electron chi connectivity index (χ0n) is 5.93. The van der Waals surface area contributed by atoms with Gasteiger partial charge in [0.15, 0.2) is 0 Å². The second-order valence-electron chi connectivity index (χ2n) is 1.84. The minimum atomic E-state index is 0.675. The standard InChI is InChI=1S/C6H13BOS/c1-2-3-5-9-6-4-8-7/h2-6H2,1H3. The Kier molecular flexibility index (Phi) is 8.72. The molecular weight excluding hydrogens is 131 g/mol. The van der Waals surface area contributed by atoms with Crippen LogP contribution in [0.1, 0.15) is 19.8 Å². The van der Waals surface area contributed by atoms with Crippen molar-refractivity contribution in [1.29, 1.82) is 0 Å². The molecule has 0 aromatic carbocycles. The van der Waals surface area contributed by atoms with Crippen LogP contribution in [-0.4, -0.2) is 26.2 Å². The van der Waals surface area contributed by atoms with E-state index < -0.39 is 0 Å². The molecule has 0 N–H and O–H groups in total. The molecule has 0 aliphatic carbocycles. The van der Waals surface area contributed by atoms with Crippen molar-refractivity contribution in [2.24, 2.45) is 0 Å². The van der Waals surface area contributed by atoms with Gasteiger partial charge in [-0.2, -0.15) is 11.8 Å². The molecule has 0 saturated carbocycles. The summed E-state index contributed by atoms with van der Waals surface area (Å²) in [7, 11) is 4.83. The maximum absolute atomic E-state index is 4.83. The van der Waals surface area contributed by atoms with Gasteiger partial charge in [0.25, 0.3) is 8.05 Å². The van der Waals surface area contributed by atoms with Gasteiger partial charge in [-0.15, -0.1) is 0 Å². The molecule has 0 unspecified atom stereocenters. The Labute approximate surface area is 63.0 Å². The Morgan fingerprint density at radius 1 is 1.44 bits per heavy atom. The predicted octanol–water partition coefficient (Wildman–Crippen LogP) is 1.62. The fourth-order valence-electron chi connectivity index (χ4n) is 0.455. The molecule has 0 amide bonds. The lowest BCUT2D eigenvalue weighted by Gasteiger charge is -1.97. The van der Waals surface area contributed by atoms with Crippen LogP contribution in [0.4, 0.5) is 0 Å². The molecule has 0 aliphatic heterocycles. The van der Waals surface area contributed by atoms with E-state index in [2.05, 4.69) is 11.6 Å². The van der Waals surface area contributed by atoms with Crippen molar-refractivity contribution in [2.45, 2.75) is 19.8 Å². The minimum Gasteiger partial charge on any atom is -0.447 e. The number of rotatable bonds is 6. The van der Waals surface area contributed by atoms with Crippen LogP contribution in [0, 0.1) is 0 Å². The van der Waals surface area contributed by atoms with E-state index in [0.29, 0.717) is 6.61 Å². The van der Waals surface area contributed by atoms with Crippen LogP contribution in [0.3, 0.4) is 0 Å². The van der Waals surface area contributed by atoms with Crippen molar-refractivity contribution in [1.82, 2.24) is 0 Å². The van der Waals surface area contributed by atoms with Crippen molar-refractivity contribution < 1.29 is 4.65 Å². The second kappa shape index (κ2) is 8.37. The third-order valence-corrected chi connectivity index (χ3v) is 2.02. The van der Waals surface area contributed by atoms with E-state index in [0.717, 1.165) is 5.75 Å². The molecule has 0 spiro atoms. The lowest BCUT2D eigenvalue weighted by molar-refractivity contribution is 0.380. The monoisotopic (exact) mass is 144 g/mol. The molecule has 0 atom stereocenters. The third-order valence-electron chi connectivity index (χ3n) is 0.988. The van der Waals surface area contributed by atoms with Crippen LogP contribution in [-0.2, 0) is 4.65 Å². The van der Waals surface area contributed by atoms with Crippen LogP contribution in [0.2, 0.25) is 0 Å². The van der Waals surface area contributed by atoms with Crippen molar-refractivity contribution in [2.75, 3.05) is 18.1 Å². The lowest BCUT2D eigenvalue weighted by Crippen LogP contribution is -1.93. The molecule has 0 aromatic heterocycles. The highest BCUT2D eigenvalue weighted by Gasteiger charge is 1.85. The van der Waals surface area contributed by atoms with Gasteiger partial charge >= 0.3 is 0 Å². The van der Waals surface area contributed by atoms with E-state index in [-0.39, 0.29) is 0 Å². The first-order chi connectivity index (χ1) is 4.41. The van der Waals surface area contributed by atoms with Gasteiger partial charge in [-0.05, 0) is 12.2 Å². The van der Waals surface area contributed by atoms with E-state index in [1.165, 1.54) is 18.6 Å². The van der Waals surface area contributed by atoms with Gasteiger partial charge in [-0.25, -0.2) is 0 Å².